The van der Waals surface area contributed by atoms with Crippen molar-refractivity contribution in [2.45, 2.75) is 19.2 Å². The highest BCUT2D eigenvalue weighted by Gasteiger charge is 2.16. The lowest BCUT2D eigenvalue weighted by atomic mass is 10.3. The van der Waals surface area contributed by atoms with Crippen LogP contribution in [0.25, 0.3) is 11.0 Å². The number of morpholine rings is 1. The summed E-state index contributed by atoms with van der Waals surface area (Å²) in [5.74, 6) is 0.732. The number of aliphatic hydroxyl groups excluding tert-OH is 1. The number of rotatable bonds is 8. The number of ether oxygens (including phenoxy) is 2. The molecule has 7 nitrogen and oxygen atoms in total. The number of hydrogen-bond acceptors (Lipinski definition) is 5. The maximum Gasteiger partial charge on any atom is 0.203 e. The van der Waals surface area contributed by atoms with E-state index in [0.29, 0.717) is 12.2 Å². The van der Waals surface area contributed by atoms with Crippen LogP contribution in [0.1, 0.15) is 0 Å². The van der Waals surface area contributed by atoms with Gasteiger partial charge in [0.1, 0.15) is 18.5 Å². The summed E-state index contributed by atoms with van der Waals surface area (Å²) in [5.41, 5.74) is 2.37. The average Bonchev–Trinajstić information content (AvgIpc) is 3.03. The number of imidazole rings is 1. The first-order valence-corrected chi connectivity index (χ1v) is 10.1. The molecule has 1 aliphatic heterocycles. The third-order valence-corrected chi connectivity index (χ3v) is 5.30. The fraction of sp³-hybridized carbons (Fsp3) is 0.409. The van der Waals surface area contributed by atoms with E-state index in [9.17, 15) is 5.11 Å². The summed E-state index contributed by atoms with van der Waals surface area (Å²) in [4.78, 5) is 2.37. The van der Waals surface area contributed by atoms with Gasteiger partial charge in [0, 0.05) is 26.2 Å². The van der Waals surface area contributed by atoms with Gasteiger partial charge in [-0.2, -0.15) is 0 Å². The highest BCUT2D eigenvalue weighted by molar-refractivity contribution is 5.75. The molecule has 1 saturated heterocycles. The van der Waals surface area contributed by atoms with Crippen LogP contribution < -0.4 is 10.4 Å². The molecule has 1 fully saturated rings. The molecule has 2 N–H and O–H groups in total. The number of para-hydroxylation sites is 3. The lowest BCUT2D eigenvalue weighted by Gasteiger charge is -2.26. The Morgan fingerprint density at radius 3 is 2.31 bits per heavy atom. The second-order valence-electron chi connectivity index (χ2n) is 7.31. The molecule has 0 unspecified atom stereocenters. The van der Waals surface area contributed by atoms with Gasteiger partial charge in [-0.15, -0.1) is 0 Å². The van der Waals surface area contributed by atoms with Crippen LogP contribution in [0.5, 0.6) is 5.75 Å². The van der Waals surface area contributed by atoms with E-state index < -0.39 is 6.10 Å². The number of nitrogens with one attached hydrogen (secondary N) is 1. The number of hydrogen-bond donors (Lipinski definition) is 2. The van der Waals surface area contributed by atoms with E-state index >= 15 is 0 Å². The van der Waals surface area contributed by atoms with Gasteiger partial charge >= 0.3 is 0 Å². The van der Waals surface area contributed by atoms with Crippen molar-refractivity contribution in [3.8, 4) is 5.75 Å². The van der Waals surface area contributed by atoms with E-state index in [1.54, 1.807) is 0 Å². The van der Waals surface area contributed by atoms with Gasteiger partial charge in [0.2, 0.25) is 5.62 Å². The molecule has 7 heteroatoms. The SMILES string of the molecule is N=c1n(CCN2CCOCC2)c2ccccc2n1C[C@H](O)COc1ccccc1. The number of aliphatic hydroxyl groups is 1. The van der Waals surface area contributed by atoms with Crippen molar-refractivity contribution in [2.24, 2.45) is 0 Å². The van der Waals surface area contributed by atoms with E-state index in [2.05, 4.69) is 4.90 Å². The summed E-state index contributed by atoms with van der Waals surface area (Å²) in [7, 11) is 0. The zero-order valence-corrected chi connectivity index (χ0v) is 16.5. The van der Waals surface area contributed by atoms with Gasteiger partial charge < -0.3 is 23.7 Å². The Kier molecular flexibility index (Phi) is 6.29. The Balaban J connectivity index is 1.48. The van der Waals surface area contributed by atoms with E-state index in [-0.39, 0.29) is 6.61 Å². The zero-order valence-electron chi connectivity index (χ0n) is 16.5. The van der Waals surface area contributed by atoms with E-state index in [0.717, 1.165) is 56.2 Å². The van der Waals surface area contributed by atoms with Crippen LogP contribution in [0.3, 0.4) is 0 Å². The van der Waals surface area contributed by atoms with Gasteiger partial charge in [0.25, 0.3) is 0 Å². The molecular weight excluding hydrogens is 368 g/mol. The van der Waals surface area contributed by atoms with E-state index in [4.69, 9.17) is 14.9 Å². The molecule has 0 radical (unpaired) electrons. The molecule has 3 aromatic rings. The van der Waals surface area contributed by atoms with Gasteiger partial charge in [0.15, 0.2) is 0 Å². The molecule has 29 heavy (non-hydrogen) atoms. The van der Waals surface area contributed by atoms with Crippen LogP contribution in [-0.4, -0.2) is 64.7 Å². The molecule has 0 bridgehead atoms. The molecule has 0 aliphatic carbocycles. The first-order valence-electron chi connectivity index (χ1n) is 10.1. The largest absolute Gasteiger partial charge is 0.491 e. The van der Waals surface area contributed by atoms with Crippen LogP contribution in [0.4, 0.5) is 0 Å². The molecular formula is C22H28N4O3. The van der Waals surface area contributed by atoms with Crippen molar-refractivity contribution in [2.75, 3.05) is 39.5 Å². The highest BCUT2D eigenvalue weighted by Crippen LogP contribution is 2.14. The van der Waals surface area contributed by atoms with Crippen LogP contribution in [0, 0.1) is 5.41 Å². The minimum atomic E-state index is -0.706. The molecule has 1 aromatic heterocycles. The lowest BCUT2D eigenvalue weighted by Crippen LogP contribution is -2.39. The monoisotopic (exact) mass is 396 g/mol. The molecule has 4 rings (SSSR count). The molecule has 2 heterocycles. The molecule has 0 spiro atoms. The predicted molar refractivity (Wildman–Crippen MR) is 111 cm³/mol. The first kappa shape index (κ1) is 19.7. The summed E-state index contributed by atoms with van der Waals surface area (Å²) < 4.78 is 15.0. The van der Waals surface area contributed by atoms with Crippen molar-refractivity contribution in [1.82, 2.24) is 14.0 Å². The van der Waals surface area contributed by atoms with Crippen molar-refractivity contribution < 1.29 is 14.6 Å². The topological polar surface area (TPSA) is 75.6 Å². The zero-order chi connectivity index (χ0) is 20.1. The summed E-state index contributed by atoms with van der Waals surface area (Å²) in [6, 6.07) is 17.5. The van der Waals surface area contributed by atoms with Crippen molar-refractivity contribution in [1.29, 1.82) is 5.41 Å². The van der Waals surface area contributed by atoms with Crippen LogP contribution in [-0.2, 0) is 17.8 Å². The third-order valence-electron chi connectivity index (χ3n) is 5.30. The highest BCUT2D eigenvalue weighted by atomic mass is 16.5. The predicted octanol–water partition coefficient (Wildman–Crippen LogP) is 1.69. The van der Waals surface area contributed by atoms with Crippen LogP contribution in [0.15, 0.2) is 54.6 Å². The Morgan fingerprint density at radius 2 is 1.59 bits per heavy atom. The summed E-state index contributed by atoms with van der Waals surface area (Å²) in [6.07, 6.45) is -0.706. The van der Waals surface area contributed by atoms with E-state index in [1.807, 2.05) is 63.7 Å². The second kappa shape index (κ2) is 9.26. The maximum absolute atomic E-state index is 10.5. The fourth-order valence-corrected chi connectivity index (χ4v) is 3.74. The fourth-order valence-electron chi connectivity index (χ4n) is 3.74. The Hall–Kier alpha value is -2.61. The Bertz CT molecular complexity index is 977. The Morgan fingerprint density at radius 1 is 0.931 bits per heavy atom. The first-order chi connectivity index (χ1) is 14.2. The number of aromatic nitrogens is 2. The van der Waals surface area contributed by atoms with Gasteiger partial charge in [-0.3, -0.25) is 10.3 Å². The molecule has 0 saturated carbocycles. The summed E-state index contributed by atoms with van der Waals surface area (Å²) >= 11 is 0. The minimum absolute atomic E-state index is 0.184. The average molecular weight is 396 g/mol. The lowest BCUT2D eigenvalue weighted by molar-refractivity contribution is 0.0363. The minimum Gasteiger partial charge on any atom is -0.491 e. The number of fused-ring (bicyclic) bond motifs is 1. The van der Waals surface area contributed by atoms with Crippen LogP contribution >= 0.6 is 0 Å². The molecule has 154 valence electrons. The molecule has 1 aliphatic rings. The molecule has 2 aromatic carbocycles. The van der Waals surface area contributed by atoms with Crippen molar-refractivity contribution in [3.63, 3.8) is 0 Å². The normalized spacial score (nSPS) is 16.2. The van der Waals surface area contributed by atoms with Crippen molar-refractivity contribution in [3.05, 3.63) is 60.2 Å². The summed E-state index contributed by atoms with van der Waals surface area (Å²) in [5, 5.41) is 19.2. The van der Waals surface area contributed by atoms with Gasteiger partial charge in [0.05, 0.1) is 30.8 Å². The Labute approximate surface area is 170 Å². The number of benzene rings is 2. The van der Waals surface area contributed by atoms with Gasteiger partial charge in [-0.1, -0.05) is 30.3 Å². The second-order valence-corrected chi connectivity index (χ2v) is 7.31. The van der Waals surface area contributed by atoms with Gasteiger partial charge in [-0.05, 0) is 24.3 Å². The number of nitrogens with zero attached hydrogens (tertiary/aromatic N) is 3. The van der Waals surface area contributed by atoms with E-state index in [1.165, 1.54) is 0 Å². The van der Waals surface area contributed by atoms with Crippen molar-refractivity contribution >= 4 is 11.0 Å². The standard InChI is InChI=1S/C22H28N4O3/c23-22-25(11-10-24-12-14-28-15-13-24)20-8-4-5-9-21(20)26(22)16-18(27)17-29-19-6-2-1-3-7-19/h1-9,18,23,27H,10-17H2/t18-/m0/s1. The molecule has 1 atom stereocenters. The smallest absolute Gasteiger partial charge is 0.203 e. The van der Waals surface area contributed by atoms with Crippen LogP contribution in [0.2, 0.25) is 0 Å². The quantitative estimate of drug-likeness (QED) is 0.608. The molecule has 0 amide bonds. The third kappa shape index (κ3) is 4.70. The maximum atomic E-state index is 10.5. The summed E-state index contributed by atoms with van der Waals surface area (Å²) in [6.45, 7) is 5.53. The van der Waals surface area contributed by atoms with Gasteiger partial charge in [-0.25, -0.2) is 0 Å².